The lowest BCUT2D eigenvalue weighted by Crippen LogP contribution is -2.43. The first-order chi connectivity index (χ1) is 10.7. The molecule has 0 bridgehead atoms. The van der Waals surface area contributed by atoms with Crippen LogP contribution in [0.25, 0.3) is 0 Å². The van der Waals surface area contributed by atoms with E-state index in [4.69, 9.17) is 23.7 Å². The molecule has 2 saturated heterocycles. The molecule has 2 fully saturated rings. The third-order valence-electron chi connectivity index (χ3n) is 3.81. The zero-order valence-electron chi connectivity index (χ0n) is 13.5. The number of ether oxygens (including phenoxy) is 5. The van der Waals surface area contributed by atoms with Gasteiger partial charge in [-0.25, -0.2) is 4.79 Å². The van der Waals surface area contributed by atoms with E-state index in [2.05, 4.69) is 0 Å². The highest BCUT2D eigenvalue weighted by atomic mass is 16.7. The summed E-state index contributed by atoms with van der Waals surface area (Å²) < 4.78 is 27.9. The minimum absolute atomic E-state index is 0.112. The standard InChI is InChI=1S/C16H26O6/c1-4-18-13(17)8-7-12-16-11(9-14(21-12)19-5-2)10-15(22-16)20-6-3/h7-8,11-12,14-16H,4-6,9-10H2,1-3H3/b8-7+/t11-,12-,14+,15-,16+/m1/s1. The second-order valence-corrected chi connectivity index (χ2v) is 5.31. The van der Waals surface area contributed by atoms with Crippen LogP contribution in [0.4, 0.5) is 0 Å². The van der Waals surface area contributed by atoms with Crippen LogP contribution in [0.15, 0.2) is 12.2 Å². The van der Waals surface area contributed by atoms with Crippen LogP contribution in [0.1, 0.15) is 33.6 Å². The van der Waals surface area contributed by atoms with Gasteiger partial charge in [0, 0.05) is 32.1 Å². The average molecular weight is 314 g/mol. The lowest BCUT2D eigenvalue weighted by Gasteiger charge is -2.36. The van der Waals surface area contributed by atoms with Gasteiger partial charge >= 0.3 is 5.97 Å². The Morgan fingerprint density at radius 3 is 2.27 bits per heavy atom. The van der Waals surface area contributed by atoms with Crippen molar-refractivity contribution in [1.82, 2.24) is 0 Å². The van der Waals surface area contributed by atoms with Crippen LogP contribution in [0.2, 0.25) is 0 Å². The Balaban J connectivity index is 2.02. The molecule has 0 N–H and O–H groups in total. The van der Waals surface area contributed by atoms with Gasteiger partial charge < -0.3 is 23.7 Å². The van der Waals surface area contributed by atoms with Gasteiger partial charge in [-0.2, -0.15) is 0 Å². The van der Waals surface area contributed by atoms with Crippen molar-refractivity contribution in [2.24, 2.45) is 5.92 Å². The molecular weight excluding hydrogens is 288 g/mol. The molecule has 5 atom stereocenters. The molecular formula is C16H26O6. The maximum Gasteiger partial charge on any atom is 0.330 e. The van der Waals surface area contributed by atoms with Gasteiger partial charge in [-0.15, -0.1) is 0 Å². The molecule has 2 aliphatic heterocycles. The summed E-state index contributed by atoms with van der Waals surface area (Å²) in [4.78, 5) is 11.5. The van der Waals surface area contributed by atoms with Gasteiger partial charge in [-0.05, 0) is 32.8 Å². The van der Waals surface area contributed by atoms with E-state index in [9.17, 15) is 4.79 Å². The van der Waals surface area contributed by atoms with Gasteiger partial charge in [-0.3, -0.25) is 0 Å². The molecule has 0 amide bonds. The second kappa shape index (κ2) is 8.62. The Kier molecular flexibility index (Phi) is 6.82. The van der Waals surface area contributed by atoms with E-state index in [-0.39, 0.29) is 30.8 Å². The van der Waals surface area contributed by atoms with Crippen molar-refractivity contribution >= 4 is 5.97 Å². The highest BCUT2D eigenvalue weighted by Crippen LogP contribution is 2.39. The lowest BCUT2D eigenvalue weighted by atomic mass is 9.90. The predicted molar refractivity (Wildman–Crippen MR) is 79.1 cm³/mol. The van der Waals surface area contributed by atoms with Crippen LogP contribution in [-0.4, -0.2) is 50.6 Å². The topological polar surface area (TPSA) is 63.2 Å². The molecule has 6 heteroatoms. The average Bonchev–Trinajstić information content (AvgIpc) is 2.88. The fourth-order valence-corrected chi connectivity index (χ4v) is 2.96. The van der Waals surface area contributed by atoms with E-state index in [0.717, 1.165) is 12.8 Å². The Labute approximate surface area is 131 Å². The zero-order valence-corrected chi connectivity index (χ0v) is 13.5. The molecule has 22 heavy (non-hydrogen) atoms. The van der Waals surface area contributed by atoms with Crippen molar-refractivity contribution < 1.29 is 28.5 Å². The highest BCUT2D eigenvalue weighted by Gasteiger charge is 2.45. The number of hydrogen-bond donors (Lipinski definition) is 0. The normalized spacial score (nSPS) is 34.8. The molecule has 0 saturated carbocycles. The van der Waals surface area contributed by atoms with Crippen LogP contribution in [0, 0.1) is 5.92 Å². The van der Waals surface area contributed by atoms with Crippen LogP contribution in [0.5, 0.6) is 0 Å². The first-order valence-corrected chi connectivity index (χ1v) is 8.06. The van der Waals surface area contributed by atoms with Crippen molar-refractivity contribution in [2.45, 2.75) is 58.4 Å². The molecule has 0 radical (unpaired) electrons. The molecule has 0 aromatic carbocycles. The maximum absolute atomic E-state index is 11.5. The lowest BCUT2D eigenvalue weighted by molar-refractivity contribution is -0.231. The molecule has 0 aromatic rings. The quantitative estimate of drug-likeness (QED) is 0.529. The van der Waals surface area contributed by atoms with Crippen LogP contribution in [0.3, 0.4) is 0 Å². The monoisotopic (exact) mass is 314 g/mol. The van der Waals surface area contributed by atoms with E-state index in [0.29, 0.717) is 25.7 Å². The van der Waals surface area contributed by atoms with Crippen molar-refractivity contribution in [3.8, 4) is 0 Å². The van der Waals surface area contributed by atoms with Gasteiger partial charge in [0.2, 0.25) is 0 Å². The summed E-state index contributed by atoms with van der Waals surface area (Å²) in [5.74, 6) is -0.0702. The summed E-state index contributed by atoms with van der Waals surface area (Å²) in [7, 11) is 0. The van der Waals surface area contributed by atoms with Gasteiger partial charge in [0.25, 0.3) is 0 Å². The van der Waals surface area contributed by atoms with Crippen LogP contribution in [-0.2, 0) is 28.5 Å². The summed E-state index contributed by atoms with van der Waals surface area (Å²) in [5, 5.41) is 0. The van der Waals surface area contributed by atoms with Gasteiger partial charge in [-0.1, -0.05) is 0 Å². The Morgan fingerprint density at radius 2 is 1.68 bits per heavy atom. The number of carbonyl (C=O) groups excluding carboxylic acids is 1. The predicted octanol–water partition coefficient (Wildman–Crippen LogP) is 2.02. The first kappa shape index (κ1) is 17.4. The summed E-state index contributed by atoms with van der Waals surface area (Å²) in [6.07, 6.45) is 3.80. The summed E-state index contributed by atoms with van der Waals surface area (Å²) in [6, 6.07) is 0. The Morgan fingerprint density at radius 1 is 1.05 bits per heavy atom. The molecule has 0 spiro atoms. The van der Waals surface area contributed by atoms with E-state index < -0.39 is 0 Å². The number of rotatable bonds is 7. The van der Waals surface area contributed by atoms with E-state index in [1.165, 1.54) is 6.08 Å². The first-order valence-electron chi connectivity index (χ1n) is 8.06. The summed E-state index contributed by atoms with van der Waals surface area (Å²) in [5.41, 5.74) is 0. The number of fused-ring (bicyclic) bond motifs is 1. The number of esters is 1. The molecule has 0 unspecified atom stereocenters. The SMILES string of the molecule is CCOC(=O)/C=C/[C@H]1O[C@H](OCC)C[C@@H]2C[C@H](OCC)O[C@@H]21. The number of carbonyl (C=O) groups is 1. The van der Waals surface area contributed by atoms with E-state index in [1.807, 2.05) is 13.8 Å². The van der Waals surface area contributed by atoms with Gasteiger partial charge in [0.15, 0.2) is 12.6 Å². The molecule has 126 valence electrons. The molecule has 0 aromatic heterocycles. The smallest absolute Gasteiger partial charge is 0.330 e. The minimum Gasteiger partial charge on any atom is -0.463 e. The van der Waals surface area contributed by atoms with Crippen molar-refractivity contribution in [2.75, 3.05) is 19.8 Å². The van der Waals surface area contributed by atoms with Crippen LogP contribution < -0.4 is 0 Å². The molecule has 2 aliphatic rings. The number of hydrogen-bond acceptors (Lipinski definition) is 6. The molecule has 2 heterocycles. The van der Waals surface area contributed by atoms with Gasteiger partial charge in [0.1, 0.15) is 6.10 Å². The van der Waals surface area contributed by atoms with Crippen molar-refractivity contribution in [3.05, 3.63) is 12.2 Å². The Bertz CT molecular complexity index is 383. The molecule has 2 rings (SSSR count). The fourth-order valence-electron chi connectivity index (χ4n) is 2.96. The van der Waals surface area contributed by atoms with E-state index in [1.54, 1.807) is 13.0 Å². The maximum atomic E-state index is 11.5. The van der Waals surface area contributed by atoms with Crippen LogP contribution >= 0.6 is 0 Å². The van der Waals surface area contributed by atoms with Gasteiger partial charge in [0.05, 0.1) is 12.7 Å². The third kappa shape index (κ3) is 4.52. The minimum atomic E-state index is -0.375. The molecule has 0 aliphatic carbocycles. The second-order valence-electron chi connectivity index (χ2n) is 5.31. The zero-order chi connectivity index (χ0) is 15.9. The highest BCUT2D eigenvalue weighted by molar-refractivity contribution is 5.81. The summed E-state index contributed by atoms with van der Waals surface area (Å²) >= 11 is 0. The third-order valence-corrected chi connectivity index (χ3v) is 3.81. The fraction of sp³-hybridized carbons (Fsp3) is 0.812. The van der Waals surface area contributed by atoms with E-state index >= 15 is 0 Å². The van der Waals surface area contributed by atoms with Crippen molar-refractivity contribution in [3.63, 3.8) is 0 Å². The largest absolute Gasteiger partial charge is 0.463 e. The van der Waals surface area contributed by atoms with Crippen molar-refractivity contribution in [1.29, 1.82) is 0 Å². The molecule has 6 nitrogen and oxygen atoms in total. The summed E-state index contributed by atoms with van der Waals surface area (Å²) in [6.45, 7) is 7.22. The Hall–Kier alpha value is -0.950.